The first-order valence-corrected chi connectivity index (χ1v) is 9.59. The zero-order chi connectivity index (χ0) is 21.8. The van der Waals surface area contributed by atoms with Crippen molar-refractivity contribution in [3.05, 3.63) is 83.9 Å². The van der Waals surface area contributed by atoms with Gasteiger partial charge in [-0.2, -0.15) is 0 Å². The number of aromatic hydroxyl groups is 1. The zero-order valence-electron chi connectivity index (χ0n) is 16.7. The Balaban J connectivity index is 1.52. The number of rotatable bonds is 6. The van der Waals surface area contributed by atoms with E-state index in [-0.39, 0.29) is 18.3 Å². The molecule has 0 radical (unpaired) electrons. The molecule has 8 nitrogen and oxygen atoms in total. The number of nitrogens with zero attached hydrogens (tertiary/aromatic N) is 1. The van der Waals surface area contributed by atoms with E-state index in [4.69, 9.17) is 9.47 Å². The normalized spacial score (nSPS) is 14.9. The van der Waals surface area contributed by atoms with Crippen LogP contribution >= 0.6 is 0 Å². The van der Waals surface area contributed by atoms with Gasteiger partial charge in [-0.3, -0.25) is 15.0 Å². The summed E-state index contributed by atoms with van der Waals surface area (Å²) in [5, 5.41) is 14.1. The number of anilines is 1. The van der Waals surface area contributed by atoms with Crippen LogP contribution in [0.5, 0.6) is 17.2 Å². The van der Waals surface area contributed by atoms with E-state index in [1.54, 1.807) is 61.7 Å². The fourth-order valence-electron chi connectivity index (χ4n) is 3.25. The fraction of sp³-hybridized carbons (Fsp3) is 0.130. The van der Waals surface area contributed by atoms with E-state index < -0.39 is 12.1 Å². The van der Waals surface area contributed by atoms with Crippen LogP contribution < -0.4 is 20.2 Å². The molecule has 8 heteroatoms. The Kier molecular flexibility index (Phi) is 5.61. The van der Waals surface area contributed by atoms with Crippen LogP contribution in [0.3, 0.4) is 0 Å². The van der Waals surface area contributed by atoms with Gasteiger partial charge in [0.1, 0.15) is 23.4 Å². The lowest BCUT2D eigenvalue weighted by molar-refractivity contribution is -0.127. The molecule has 31 heavy (non-hydrogen) atoms. The van der Waals surface area contributed by atoms with Crippen LogP contribution in [0.1, 0.15) is 22.1 Å². The molecule has 0 saturated carbocycles. The van der Waals surface area contributed by atoms with Crippen molar-refractivity contribution in [1.29, 1.82) is 0 Å². The van der Waals surface area contributed by atoms with Crippen molar-refractivity contribution >= 4 is 17.5 Å². The lowest BCUT2D eigenvalue weighted by atomic mass is 10.0. The molecule has 0 saturated heterocycles. The Morgan fingerprint density at radius 2 is 1.71 bits per heavy atom. The smallest absolute Gasteiger partial charge is 0.276 e. The zero-order valence-corrected chi connectivity index (χ0v) is 16.7. The topological polar surface area (TPSA) is 100 Å². The van der Waals surface area contributed by atoms with Gasteiger partial charge in [-0.25, -0.2) is 5.01 Å². The second-order valence-corrected chi connectivity index (χ2v) is 6.86. The van der Waals surface area contributed by atoms with Gasteiger partial charge in [0.15, 0.2) is 6.61 Å². The first-order valence-electron chi connectivity index (χ1n) is 9.59. The van der Waals surface area contributed by atoms with Gasteiger partial charge in [0, 0.05) is 5.69 Å². The third-order valence-electron chi connectivity index (χ3n) is 4.81. The molecule has 1 heterocycles. The van der Waals surface area contributed by atoms with E-state index in [2.05, 4.69) is 10.7 Å². The maximum absolute atomic E-state index is 13.1. The summed E-state index contributed by atoms with van der Waals surface area (Å²) in [6.45, 7) is -0.278. The number of hydrogen-bond donors (Lipinski definition) is 3. The van der Waals surface area contributed by atoms with Crippen LogP contribution in [0, 0.1) is 0 Å². The van der Waals surface area contributed by atoms with Crippen LogP contribution in [0.15, 0.2) is 72.8 Å². The minimum atomic E-state index is -0.659. The van der Waals surface area contributed by atoms with E-state index >= 15 is 0 Å². The summed E-state index contributed by atoms with van der Waals surface area (Å²) >= 11 is 0. The van der Waals surface area contributed by atoms with Gasteiger partial charge in [-0.1, -0.05) is 24.3 Å². The van der Waals surface area contributed by atoms with Crippen LogP contribution in [-0.2, 0) is 4.79 Å². The minimum Gasteiger partial charge on any atom is -0.508 e. The van der Waals surface area contributed by atoms with Crippen LogP contribution in [0.4, 0.5) is 5.69 Å². The summed E-state index contributed by atoms with van der Waals surface area (Å²) in [6, 6.07) is 20.3. The molecule has 158 valence electrons. The summed E-state index contributed by atoms with van der Waals surface area (Å²) in [5.41, 5.74) is 4.42. The number of benzene rings is 3. The van der Waals surface area contributed by atoms with Gasteiger partial charge >= 0.3 is 0 Å². The Morgan fingerprint density at radius 3 is 2.42 bits per heavy atom. The molecule has 4 rings (SSSR count). The van der Waals surface area contributed by atoms with E-state index in [1.165, 1.54) is 17.1 Å². The summed E-state index contributed by atoms with van der Waals surface area (Å²) in [6.07, 6.45) is -0.659. The van der Waals surface area contributed by atoms with Gasteiger partial charge in [-0.05, 0) is 54.1 Å². The van der Waals surface area contributed by atoms with Crippen molar-refractivity contribution in [1.82, 2.24) is 10.4 Å². The molecule has 1 aliphatic rings. The number of amides is 2. The number of para-hydroxylation sites is 1. The van der Waals surface area contributed by atoms with E-state index in [1.807, 2.05) is 6.07 Å². The van der Waals surface area contributed by atoms with Crippen molar-refractivity contribution in [2.45, 2.75) is 6.17 Å². The van der Waals surface area contributed by atoms with Crippen molar-refractivity contribution in [3.8, 4) is 17.2 Å². The highest BCUT2D eigenvalue weighted by Crippen LogP contribution is 2.32. The van der Waals surface area contributed by atoms with Crippen molar-refractivity contribution in [3.63, 3.8) is 0 Å². The molecule has 3 aromatic rings. The monoisotopic (exact) mass is 419 g/mol. The Bertz CT molecular complexity index is 1080. The number of carbonyl (C=O) groups is 2. The Hall–Kier alpha value is -4.20. The molecule has 2 amide bonds. The second kappa shape index (κ2) is 8.66. The number of methoxy groups -OCH3 is 1. The number of carbonyl (C=O) groups excluding carboxylic acids is 2. The van der Waals surface area contributed by atoms with E-state index in [0.717, 1.165) is 0 Å². The van der Waals surface area contributed by atoms with Gasteiger partial charge in [0.05, 0.1) is 12.7 Å². The standard InChI is InChI=1S/C23H21N3O5/c1-30-17-10-12-18(13-11-17)31-14-21(28)25-26-22(15-6-8-16(27)9-7-15)24-20-5-3-2-4-19(20)23(26)29/h2-13,22,24,27H,14H2,1H3,(H,25,28). The average Bonchev–Trinajstić information content (AvgIpc) is 2.80. The molecule has 0 aliphatic carbocycles. The number of phenols is 1. The lowest BCUT2D eigenvalue weighted by Gasteiger charge is -2.37. The van der Waals surface area contributed by atoms with Crippen LogP contribution in [-0.4, -0.2) is 35.6 Å². The third kappa shape index (κ3) is 4.37. The van der Waals surface area contributed by atoms with Gasteiger partial charge in [0.25, 0.3) is 11.8 Å². The highest BCUT2D eigenvalue weighted by Gasteiger charge is 2.34. The van der Waals surface area contributed by atoms with Crippen LogP contribution in [0.25, 0.3) is 0 Å². The first kappa shape index (κ1) is 20.1. The fourth-order valence-corrected chi connectivity index (χ4v) is 3.25. The number of hydrogen-bond acceptors (Lipinski definition) is 6. The molecule has 0 bridgehead atoms. The SMILES string of the molecule is COc1ccc(OCC(=O)NN2C(=O)c3ccccc3NC2c2ccc(O)cc2)cc1. The molecule has 0 spiro atoms. The van der Waals surface area contributed by atoms with Crippen LogP contribution in [0.2, 0.25) is 0 Å². The van der Waals surface area contributed by atoms with Crippen molar-refractivity contribution in [2.75, 3.05) is 19.0 Å². The highest BCUT2D eigenvalue weighted by molar-refractivity contribution is 6.02. The minimum absolute atomic E-state index is 0.106. The first-order chi connectivity index (χ1) is 15.0. The predicted octanol–water partition coefficient (Wildman–Crippen LogP) is 3.08. The molecular formula is C23H21N3O5. The molecule has 1 atom stereocenters. The molecule has 1 unspecified atom stereocenters. The van der Waals surface area contributed by atoms with Gasteiger partial charge < -0.3 is 19.9 Å². The molecule has 0 fully saturated rings. The number of fused-ring (bicyclic) bond motifs is 1. The summed E-state index contributed by atoms with van der Waals surface area (Å²) in [5.74, 6) is 0.436. The van der Waals surface area contributed by atoms with Crippen molar-refractivity contribution < 1.29 is 24.2 Å². The summed E-state index contributed by atoms with van der Waals surface area (Å²) < 4.78 is 10.6. The predicted molar refractivity (Wildman–Crippen MR) is 114 cm³/mol. The molecule has 3 N–H and O–H groups in total. The number of hydrazine groups is 1. The highest BCUT2D eigenvalue weighted by atomic mass is 16.5. The lowest BCUT2D eigenvalue weighted by Crippen LogP contribution is -2.53. The maximum Gasteiger partial charge on any atom is 0.276 e. The van der Waals surface area contributed by atoms with Gasteiger partial charge in [0.2, 0.25) is 0 Å². The van der Waals surface area contributed by atoms with E-state index in [0.29, 0.717) is 28.3 Å². The molecule has 3 aromatic carbocycles. The molecule has 1 aliphatic heterocycles. The number of ether oxygens (including phenoxy) is 2. The third-order valence-corrected chi connectivity index (χ3v) is 4.81. The summed E-state index contributed by atoms with van der Waals surface area (Å²) in [4.78, 5) is 25.7. The second-order valence-electron chi connectivity index (χ2n) is 6.86. The average molecular weight is 419 g/mol. The van der Waals surface area contributed by atoms with Gasteiger partial charge in [-0.15, -0.1) is 0 Å². The van der Waals surface area contributed by atoms with E-state index in [9.17, 15) is 14.7 Å². The largest absolute Gasteiger partial charge is 0.508 e. The maximum atomic E-state index is 13.1. The number of nitrogens with one attached hydrogen (secondary N) is 2. The molecule has 0 aromatic heterocycles. The van der Waals surface area contributed by atoms with Crippen molar-refractivity contribution in [2.24, 2.45) is 0 Å². The Morgan fingerprint density at radius 1 is 1.03 bits per heavy atom. The quantitative estimate of drug-likeness (QED) is 0.568. The summed E-state index contributed by atoms with van der Waals surface area (Å²) in [7, 11) is 1.57. The number of phenolic OH excluding ortho intramolecular Hbond substituents is 1. The molecular weight excluding hydrogens is 398 g/mol. The Labute approximate surface area is 179 Å².